The van der Waals surface area contributed by atoms with Gasteiger partial charge in [0.15, 0.2) is 6.29 Å². The van der Waals surface area contributed by atoms with E-state index >= 15 is 0 Å². The van der Waals surface area contributed by atoms with Crippen LogP contribution in [0.2, 0.25) is 0 Å². The molecule has 0 radical (unpaired) electrons. The molecule has 0 saturated carbocycles. The van der Waals surface area contributed by atoms with E-state index in [0.29, 0.717) is 29.5 Å². The van der Waals surface area contributed by atoms with Crippen molar-refractivity contribution in [3.8, 4) is 0 Å². The van der Waals surface area contributed by atoms with Crippen LogP contribution in [0.4, 0.5) is 17.1 Å². The van der Waals surface area contributed by atoms with Gasteiger partial charge >= 0.3 is 0 Å². The van der Waals surface area contributed by atoms with Crippen LogP contribution in [0.5, 0.6) is 0 Å². The van der Waals surface area contributed by atoms with Crippen molar-refractivity contribution < 1.29 is 24.2 Å². The second kappa shape index (κ2) is 16.5. The minimum absolute atomic E-state index is 0.00204. The van der Waals surface area contributed by atoms with Gasteiger partial charge in [0.05, 0.1) is 30.2 Å². The molecular weight excluding hydrogens is 606 g/mol. The van der Waals surface area contributed by atoms with Gasteiger partial charge in [0.25, 0.3) is 0 Å². The molecule has 10 heteroatoms. The van der Waals surface area contributed by atoms with Crippen LogP contribution in [0.25, 0.3) is 0 Å². The van der Waals surface area contributed by atoms with Crippen LogP contribution in [0.15, 0.2) is 72.8 Å². The van der Waals surface area contributed by atoms with Crippen LogP contribution in [-0.4, -0.2) is 71.6 Å². The molecule has 0 unspecified atom stereocenters. The van der Waals surface area contributed by atoms with Crippen molar-refractivity contribution in [1.29, 1.82) is 0 Å². The van der Waals surface area contributed by atoms with Gasteiger partial charge in [-0.1, -0.05) is 48.5 Å². The fourth-order valence-electron chi connectivity index (χ4n) is 7.12. The molecule has 3 fully saturated rings. The van der Waals surface area contributed by atoms with Crippen molar-refractivity contribution in [2.24, 2.45) is 0 Å². The number of nitrogen functional groups attached to an aromatic ring is 1. The highest BCUT2D eigenvalue weighted by Gasteiger charge is 2.36. The largest absolute Gasteiger partial charge is 0.397 e. The van der Waals surface area contributed by atoms with E-state index in [1.807, 2.05) is 60.7 Å². The monoisotopic (exact) mass is 655 g/mol. The first-order valence-electron chi connectivity index (χ1n) is 17.4. The molecule has 5 N–H and O–H groups in total. The summed E-state index contributed by atoms with van der Waals surface area (Å²) in [4.78, 5) is 30.4. The van der Waals surface area contributed by atoms with Gasteiger partial charge < -0.3 is 35.8 Å². The average molecular weight is 656 g/mol. The summed E-state index contributed by atoms with van der Waals surface area (Å²) in [5, 5.41) is 15.4. The topological polar surface area (TPSA) is 129 Å². The molecule has 10 nitrogen and oxygen atoms in total. The minimum atomic E-state index is -0.600. The van der Waals surface area contributed by atoms with Crippen LogP contribution < -0.4 is 16.4 Å². The fraction of sp³-hybridized carbons (Fsp3) is 0.474. The SMILES string of the molecule is Nc1ccccc1NC(=O)CCCC(=O)Nc1cccc([C@H]2O[C@@H](CN3CCC[C@H]3CN3CCCC3)C[C@@H](c3ccc(CO)cc3)O2)c1. The Hall–Kier alpha value is -3.80. The Bertz CT molecular complexity index is 1510. The van der Waals surface area contributed by atoms with Crippen molar-refractivity contribution >= 4 is 28.9 Å². The Balaban J connectivity index is 1.08. The molecule has 0 spiro atoms. The number of rotatable bonds is 13. The summed E-state index contributed by atoms with van der Waals surface area (Å²) in [6, 6.07) is 23.3. The predicted molar refractivity (Wildman–Crippen MR) is 187 cm³/mol. The Morgan fingerprint density at radius 1 is 0.833 bits per heavy atom. The van der Waals surface area contributed by atoms with E-state index in [9.17, 15) is 14.7 Å². The molecule has 0 bridgehead atoms. The number of nitrogens with zero attached hydrogens (tertiary/aromatic N) is 2. The lowest BCUT2D eigenvalue weighted by molar-refractivity contribution is -0.253. The third kappa shape index (κ3) is 9.21. The van der Waals surface area contributed by atoms with E-state index in [1.165, 1.54) is 38.8 Å². The number of likely N-dealkylation sites (tertiary alicyclic amines) is 2. The number of nitrogens with one attached hydrogen (secondary N) is 2. The van der Waals surface area contributed by atoms with Gasteiger partial charge in [0.2, 0.25) is 11.8 Å². The smallest absolute Gasteiger partial charge is 0.224 e. The number of hydrogen-bond donors (Lipinski definition) is 4. The zero-order valence-electron chi connectivity index (χ0n) is 27.7. The second-order valence-electron chi connectivity index (χ2n) is 13.3. The molecule has 3 aromatic rings. The van der Waals surface area contributed by atoms with E-state index in [-0.39, 0.29) is 43.5 Å². The summed E-state index contributed by atoms with van der Waals surface area (Å²) in [5.41, 5.74) is 10.4. The number of para-hydroxylation sites is 2. The van der Waals surface area contributed by atoms with Gasteiger partial charge in [-0.15, -0.1) is 0 Å². The van der Waals surface area contributed by atoms with Gasteiger partial charge in [-0.3, -0.25) is 14.5 Å². The van der Waals surface area contributed by atoms with Crippen molar-refractivity contribution in [2.75, 3.05) is 49.1 Å². The highest BCUT2D eigenvalue weighted by Crippen LogP contribution is 2.39. The molecular formula is C38H49N5O5. The van der Waals surface area contributed by atoms with Crippen LogP contribution in [0.3, 0.4) is 0 Å². The standard InChI is InChI=1S/C38H49N5O5/c39-33-11-1-2-12-34(33)41-37(46)14-6-13-36(45)40-30-9-5-8-29(22-30)38-47-32(23-35(48-38)28-17-15-27(26-44)16-18-28)25-43-21-7-10-31(43)24-42-19-3-4-20-42/h1-2,5,8-9,11-12,15-18,22,31-32,35,38,44H,3-4,6-7,10,13-14,19-21,23-26,39H2,(H,40,45)(H,41,46)/t31-,32+,35-,38-/m0/s1. The third-order valence-electron chi connectivity index (χ3n) is 9.70. The number of ether oxygens (including phenoxy) is 2. The van der Waals surface area contributed by atoms with Gasteiger partial charge in [-0.05, 0) is 87.1 Å². The lowest BCUT2D eigenvalue weighted by Crippen LogP contribution is -2.45. The van der Waals surface area contributed by atoms with Crippen LogP contribution in [-0.2, 0) is 25.7 Å². The van der Waals surface area contributed by atoms with Crippen LogP contribution in [0.1, 0.15) is 80.5 Å². The number of benzene rings is 3. The summed E-state index contributed by atoms with van der Waals surface area (Å²) in [6.07, 6.45) is 5.81. The highest BCUT2D eigenvalue weighted by atomic mass is 16.7. The number of nitrogens with two attached hydrogens (primary N) is 1. The number of aliphatic hydroxyl groups is 1. The van der Waals surface area contributed by atoms with Crippen molar-refractivity contribution in [2.45, 2.75) is 82.5 Å². The number of carbonyl (C=O) groups is 2. The normalized spacial score (nSPS) is 23.3. The van der Waals surface area contributed by atoms with Crippen molar-refractivity contribution in [3.05, 3.63) is 89.5 Å². The zero-order valence-corrected chi connectivity index (χ0v) is 27.7. The van der Waals surface area contributed by atoms with Gasteiger partial charge in [-0.2, -0.15) is 0 Å². The molecule has 0 aromatic heterocycles. The molecule has 6 rings (SSSR count). The number of hydrogen-bond acceptors (Lipinski definition) is 8. The first-order chi connectivity index (χ1) is 23.4. The summed E-state index contributed by atoms with van der Waals surface area (Å²) in [6.45, 7) is 5.48. The predicted octanol–water partition coefficient (Wildman–Crippen LogP) is 5.61. The van der Waals surface area contributed by atoms with Gasteiger partial charge in [-0.25, -0.2) is 0 Å². The molecule has 3 aromatic carbocycles. The quantitative estimate of drug-likeness (QED) is 0.175. The second-order valence-corrected chi connectivity index (χ2v) is 13.3. The highest BCUT2D eigenvalue weighted by molar-refractivity contribution is 5.94. The van der Waals surface area contributed by atoms with Crippen LogP contribution in [0, 0.1) is 0 Å². The minimum Gasteiger partial charge on any atom is -0.397 e. The Labute approximate surface area is 283 Å². The maximum atomic E-state index is 12.8. The van der Waals surface area contributed by atoms with Crippen LogP contribution >= 0.6 is 0 Å². The first-order valence-corrected chi connectivity index (χ1v) is 17.4. The Kier molecular flexibility index (Phi) is 11.7. The average Bonchev–Trinajstić information content (AvgIpc) is 3.78. The Morgan fingerprint density at radius 2 is 1.60 bits per heavy atom. The van der Waals surface area contributed by atoms with Gasteiger partial charge in [0, 0.05) is 49.6 Å². The van der Waals surface area contributed by atoms with E-state index < -0.39 is 6.29 Å². The van der Waals surface area contributed by atoms with E-state index in [0.717, 1.165) is 42.7 Å². The molecule has 0 aliphatic carbocycles. The summed E-state index contributed by atoms with van der Waals surface area (Å²) < 4.78 is 13.3. The lowest BCUT2D eigenvalue weighted by atomic mass is 9.99. The Morgan fingerprint density at radius 3 is 2.38 bits per heavy atom. The van der Waals surface area contributed by atoms with Crippen molar-refractivity contribution in [1.82, 2.24) is 9.80 Å². The maximum absolute atomic E-state index is 12.8. The van der Waals surface area contributed by atoms with E-state index in [1.54, 1.807) is 12.1 Å². The first kappa shape index (κ1) is 34.1. The molecule has 3 aliphatic rings. The number of carbonyl (C=O) groups excluding carboxylic acids is 2. The maximum Gasteiger partial charge on any atom is 0.224 e. The molecule has 3 saturated heterocycles. The summed E-state index contributed by atoms with van der Waals surface area (Å²) >= 11 is 0. The molecule has 4 atom stereocenters. The third-order valence-corrected chi connectivity index (χ3v) is 9.70. The number of amides is 2. The fourth-order valence-corrected chi connectivity index (χ4v) is 7.12. The number of anilines is 3. The summed E-state index contributed by atoms with van der Waals surface area (Å²) in [5.74, 6) is -0.344. The molecule has 48 heavy (non-hydrogen) atoms. The molecule has 3 heterocycles. The van der Waals surface area contributed by atoms with Gasteiger partial charge in [0.1, 0.15) is 0 Å². The molecule has 2 amide bonds. The van der Waals surface area contributed by atoms with E-state index in [2.05, 4.69) is 20.4 Å². The zero-order chi connectivity index (χ0) is 33.3. The lowest BCUT2D eigenvalue weighted by Gasteiger charge is -2.39. The van der Waals surface area contributed by atoms with Crippen molar-refractivity contribution in [3.63, 3.8) is 0 Å². The van der Waals surface area contributed by atoms with E-state index in [4.69, 9.17) is 15.2 Å². The molecule has 256 valence electrons. The molecule has 3 aliphatic heterocycles. The summed E-state index contributed by atoms with van der Waals surface area (Å²) in [7, 11) is 0. The number of aliphatic hydroxyl groups excluding tert-OH is 1.